The zero-order valence-electron chi connectivity index (χ0n) is 20.1. The molecule has 11 nitrogen and oxygen atoms in total. The third-order valence-corrected chi connectivity index (χ3v) is 7.16. The first-order valence-electron chi connectivity index (χ1n) is 10.9. The number of nitrogens with zero attached hydrogens (tertiary/aromatic N) is 5. The molecule has 0 aliphatic rings. The van der Waals surface area contributed by atoms with E-state index >= 15 is 0 Å². The van der Waals surface area contributed by atoms with Gasteiger partial charge in [-0.05, 0) is 50.2 Å². The highest BCUT2D eigenvalue weighted by Gasteiger charge is 2.29. The Morgan fingerprint density at radius 2 is 1.83 bits per heavy atom. The van der Waals surface area contributed by atoms with Crippen molar-refractivity contribution in [2.45, 2.75) is 25.5 Å². The van der Waals surface area contributed by atoms with Crippen LogP contribution in [-0.4, -0.2) is 47.6 Å². The van der Waals surface area contributed by atoms with Crippen molar-refractivity contribution in [3.05, 3.63) is 65.7 Å². The third-order valence-electron chi connectivity index (χ3n) is 5.46. The average Bonchev–Trinajstić information content (AvgIpc) is 3.49. The van der Waals surface area contributed by atoms with Crippen LogP contribution in [0.2, 0.25) is 0 Å². The second-order valence-corrected chi connectivity index (χ2v) is 10.0. The molecule has 4 rings (SSSR count). The van der Waals surface area contributed by atoms with E-state index in [-0.39, 0.29) is 18.2 Å². The lowest BCUT2D eigenvalue weighted by molar-refractivity contribution is 0.391. The summed E-state index contributed by atoms with van der Waals surface area (Å²) in [7, 11) is -0.959. The highest BCUT2D eigenvalue weighted by molar-refractivity contribution is 7.93. The predicted octanol–water partition coefficient (Wildman–Crippen LogP) is 3.49. The Balaban J connectivity index is 1.77. The molecular formula is C24H24N6O5S. The standard InChI is InChI=1S/C24H24N6O5S/c1-15-8-11-21(35-15)23-27-28-24(30(23)22-19(33-3)6-5-7-20(22)34-4)29-36(31,32)16(2)12-18-10-9-17(13-25)14-26-18/h5-11,14,16H,12H2,1-4H3,(H,28,29). The fourth-order valence-corrected chi connectivity index (χ4v) is 4.55. The lowest BCUT2D eigenvalue weighted by Gasteiger charge is -2.18. The van der Waals surface area contributed by atoms with Gasteiger partial charge in [-0.25, -0.2) is 8.42 Å². The lowest BCUT2D eigenvalue weighted by Crippen LogP contribution is -2.29. The number of pyridine rings is 1. The molecule has 0 radical (unpaired) electrons. The number of aryl methyl sites for hydroxylation is 1. The van der Waals surface area contributed by atoms with Gasteiger partial charge < -0.3 is 13.9 Å². The van der Waals surface area contributed by atoms with Crippen LogP contribution in [0.15, 0.2) is 53.1 Å². The molecule has 0 saturated heterocycles. The van der Waals surface area contributed by atoms with Gasteiger partial charge in [-0.15, -0.1) is 10.2 Å². The van der Waals surface area contributed by atoms with Crippen LogP contribution in [-0.2, 0) is 16.4 Å². The number of furan rings is 1. The number of nitriles is 1. The summed E-state index contributed by atoms with van der Waals surface area (Å²) in [4.78, 5) is 4.17. The molecule has 36 heavy (non-hydrogen) atoms. The summed E-state index contributed by atoms with van der Waals surface area (Å²) >= 11 is 0. The maximum absolute atomic E-state index is 13.3. The summed E-state index contributed by atoms with van der Waals surface area (Å²) in [5.41, 5.74) is 1.33. The van der Waals surface area contributed by atoms with Gasteiger partial charge in [0.1, 0.15) is 29.0 Å². The van der Waals surface area contributed by atoms with Crippen molar-refractivity contribution in [3.8, 4) is 34.8 Å². The van der Waals surface area contributed by atoms with Gasteiger partial charge in [0.15, 0.2) is 5.76 Å². The number of methoxy groups -OCH3 is 2. The average molecular weight is 509 g/mol. The van der Waals surface area contributed by atoms with Crippen LogP contribution in [0.5, 0.6) is 11.5 Å². The smallest absolute Gasteiger partial charge is 0.243 e. The number of hydrogen-bond acceptors (Lipinski definition) is 9. The number of ether oxygens (including phenoxy) is 2. The van der Waals surface area contributed by atoms with Gasteiger partial charge in [-0.1, -0.05) is 6.07 Å². The van der Waals surface area contributed by atoms with E-state index in [0.29, 0.717) is 40.0 Å². The molecule has 3 heterocycles. The van der Waals surface area contributed by atoms with E-state index in [1.807, 2.05) is 6.07 Å². The summed E-state index contributed by atoms with van der Waals surface area (Å²) in [5, 5.41) is 16.4. The van der Waals surface area contributed by atoms with E-state index in [9.17, 15) is 8.42 Å². The van der Waals surface area contributed by atoms with Crippen molar-refractivity contribution in [1.82, 2.24) is 19.7 Å². The van der Waals surface area contributed by atoms with E-state index in [2.05, 4.69) is 19.9 Å². The van der Waals surface area contributed by atoms with Crippen LogP contribution < -0.4 is 14.2 Å². The SMILES string of the molecule is COc1cccc(OC)c1-n1c(NS(=O)(=O)C(C)Cc2ccc(C#N)cn2)nnc1-c1ccc(C)o1. The summed E-state index contributed by atoms with van der Waals surface area (Å²) in [6, 6.07) is 13.9. The number of nitrogens with one attached hydrogen (secondary N) is 1. The summed E-state index contributed by atoms with van der Waals surface area (Å²) < 4.78 is 47.5. The Labute approximate surface area is 208 Å². The fraction of sp³-hybridized carbons (Fsp3) is 0.250. The van der Waals surface area contributed by atoms with E-state index in [0.717, 1.165) is 0 Å². The minimum atomic E-state index is -3.95. The van der Waals surface area contributed by atoms with Crippen molar-refractivity contribution < 1.29 is 22.3 Å². The zero-order chi connectivity index (χ0) is 25.9. The molecule has 12 heteroatoms. The number of aromatic nitrogens is 4. The Kier molecular flexibility index (Phi) is 6.93. The minimum absolute atomic E-state index is 0.0681. The Hall–Kier alpha value is -4.37. The number of hydrogen-bond donors (Lipinski definition) is 1. The topological polar surface area (TPSA) is 145 Å². The second-order valence-electron chi connectivity index (χ2n) is 7.92. The van der Waals surface area contributed by atoms with E-state index < -0.39 is 15.3 Å². The van der Waals surface area contributed by atoms with Crippen molar-refractivity contribution in [3.63, 3.8) is 0 Å². The van der Waals surface area contributed by atoms with Gasteiger partial charge in [0, 0.05) is 18.3 Å². The van der Waals surface area contributed by atoms with E-state index in [4.69, 9.17) is 19.2 Å². The lowest BCUT2D eigenvalue weighted by atomic mass is 10.2. The van der Waals surface area contributed by atoms with Gasteiger partial charge in [-0.2, -0.15) is 5.26 Å². The number of para-hydroxylation sites is 1. The maximum atomic E-state index is 13.3. The molecule has 0 aliphatic carbocycles. The molecule has 0 aliphatic heterocycles. The minimum Gasteiger partial charge on any atom is -0.494 e. The first-order valence-corrected chi connectivity index (χ1v) is 12.4. The number of anilines is 1. The van der Waals surface area contributed by atoms with Crippen LogP contribution in [0.1, 0.15) is 23.9 Å². The first-order chi connectivity index (χ1) is 17.3. The zero-order valence-corrected chi connectivity index (χ0v) is 20.9. The molecular weight excluding hydrogens is 484 g/mol. The quantitative estimate of drug-likeness (QED) is 0.359. The van der Waals surface area contributed by atoms with Gasteiger partial charge in [0.05, 0.1) is 25.0 Å². The van der Waals surface area contributed by atoms with Crippen LogP contribution in [0.3, 0.4) is 0 Å². The number of rotatable bonds is 9. The summed E-state index contributed by atoms with van der Waals surface area (Å²) in [6.45, 7) is 3.35. The number of benzene rings is 1. The molecule has 3 aromatic heterocycles. The molecule has 1 unspecified atom stereocenters. The molecule has 0 fully saturated rings. The van der Waals surface area contributed by atoms with E-state index in [1.165, 1.54) is 25.0 Å². The van der Waals surface area contributed by atoms with Crippen molar-refractivity contribution in [1.29, 1.82) is 5.26 Å². The highest BCUT2D eigenvalue weighted by atomic mass is 32.2. The maximum Gasteiger partial charge on any atom is 0.243 e. The van der Waals surface area contributed by atoms with Crippen molar-refractivity contribution in [2.75, 3.05) is 18.9 Å². The van der Waals surface area contributed by atoms with Crippen molar-refractivity contribution >= 4 is 16.0 Å². The Morgan fingerprint density at radius 1 is 1.11 bits per heavy atom. The molecule has 1 aromatic carbocycles. The van der Waals surface area contributed by atoms with Gasteiger partial charge in [0.25, 0.3) is 0 Å². The second kappa shape index (κ2) is 10.1. The van der Waals surface area contributed by atoms with Crippen LogP contribution >= 0.6 is 0 Å². The van der Waals surface area contributed by atoms with Crippen molar-refractivity contribution in [2.24, 2.45) is 0 Å². The molecule has 1 N–H and O–H groups in total. The largest absolute Gasteiger partial charge is 0.494 e. The molecule has 0 spiro atoms. The first kappa shape index (κ1) is 24.7. The normalized spacial score (nSPS) is 12.1. The Bertz CT molecular complexity index is 1500. The Morgan fingerprint density at radius 3 is 2.39 bits per heavy atom. The van der Waals surface area contributed by atoms with Crippen LogP contribution in [0.25, 0.3) is 17.3 Å². The molecule has 1 atom stereocenters. The molecule has 0 amide bonds. The molecule has 0 saturated carbocycles. The van der Waals surface area contributed by atoms with Gasteiger partial charge >= 0.3 is 0 Å². The number of sulfonamides is 1. The predicted molar refractivity (Wildman–Crippen MR) is 132 cm³/mol. The highest BCUT2D eigenvalue weighted by Crippen LogP contribution is 2.38. The fourth-order valence-electron chi connectivity index (χ4n) is 3.57. The third kappa shape index (κ3) is 4.87. The monoisotopic (exact) mass is 508 g/mol. The molecule has 0 bridgehead atoms. The summed E-state index contributed by atoms with van der Waals surface area (Å²) in [5.74, 6) is 2.04. The summed E-state index contributed by atoms with van der Waals surface area (Å²) in [6.07, 6.45) is 1.53. The van der Waals surface area contributed by atoms with Crippen LogP contribution in [0.4, 0.5) is 5.95 Å². The molecule has 4 aromatic rings. The van der Waals surface area contributed by atoms with E-state index in [1.54, 1.807) is 56.3 Å². The molecule has 186 valence electrons. The van der Waals surface area contributed by atoms with Gasteiger partial charge in [0.2, 0.25) is 21.8 Å². The van der Waals surface area contributed by atoms with Gasteiger partial charge in [-0.3, -0.25) is 14.3 Å². The van der Waals surface area contributed by atoms with Crippen LogP contribution in [0, 0.1) is 18.3 Å².